The number of ether oxygens (including phenoxy) is 2. The molecular weight excluding hydrogens is 437 g/mol. The first-order chi connectivity index (χ1) is 15.5. The van der Waals surface area contributed by atoms with Crippen LogP contribution >= 0.6 is 11.6 Å². The quantitative estimate of drug-likeness (QED) is 0.605. The van der Waals surface area contributed by atoms with Gasteiger partial charge >= 0.3 is 6.09 Å². The highest BCUT2D eigenvalue weighted by molar-refractivity contribution is 6.31. The minimum atomic E-state index is -0.579. The Kier molecular flexibility index (Phi) is 5.22. The predicted molar refractivity (Wildman–Crippen MR) is 119 cm³/mol. The van der Waals surface area contributed by atoms with Gasteiger partial charge in [-0.05, 0) is 37.6 Å². The van der Waals surface area contributed by atoms with E-state index in [4.69, 9.17) is 21.1 Å². The lowest BCUT2D eigenvalue weighted by molar-refractivity contribution is 0.0366. The van der Waals surface area contributed by atoms with Crippen molar-refractivity contribution in [2.24, 2.45) is 0 Å². The minimum Gasteiger partial charge on any atom is -0.494 e. The molecule has 5 rings (SSSR count). The monoisotopic (exact) mass is 457 g/mol. The van der Waals surface area contributed by atoms with Gasteiger partial charge in [0.05, 0.1) is 35.6 Å². The normalized spacial score (nSPS) is 20.6. The summed E-state index contributed by atoms with van der Waals surface area (Å²) >= 11 is 5.91. The number of hydrogen-bond donors (Lipinski definition) is 2. The van der Waals surface area contributed by atoms with Crippen molar-refractivity contribution in [1.29, 1.82) is 0 Å². The van der Waals surface area contributed by atoms with E-state index in [0.29, 0.717) is 41.2 Å². The summed E-state index contributed by atoms with van der Waals surface area (Å²) in [5.41, 5.74) is 0.736. The number of fused-ring (bicyclic) bond motifs is 1. The summed E-state index contributed by atoms with van der Waals surface area (Å²) in [7, 11) is 1.53. The van der Waals surface area contributed by atoms with Crippen molar-refractivity contribution < 1.29 is 18.7 Å². The number of anilines is 3. The molecule has 0 radical (unpaired) electrons. The molecule has 32 heavy (non-hydrogen) atoms. The predicted octanol–water partition coefficient (Wildman–Crippen LogP) is 4.25. The van der Waals surface area contributed by atoms with Crippen LogP contribution in [0.3, 0.4) is 0 Å². The molecule has 2 saturated heterocycles. The number of benzene rings is 2. The number of halogens is 2. The van der Waals surface area contributed by atoms with Gasteiger partial charge in [0, 0.05) is 18.0 Å². The number of methoxy groups -OCH3 is 1. The zero-order chi connectivity index (χ0) is 22.3. The number of rotatable bonds is 4. The fourth-order valence-corrected chi connectivity index (χ4v) is 4.42. The van der Waals surface area contributed by atoms with Crippen molar-refractivity contribution in [2.75, 3.05) is 37.0 Å². The Morgan fingerprint density at radius 2 is 2.22 bits per heavy atom. The molecule has 0 saturated carbocycles. The van der Waals surface area contributed by atoms with Crippen LogP contribution in [0.5, 0.6) is 5.75 Å². The summed E-state index contributed by atoms with van der Waals surface area (Å²) in [6.07, 6.45) is 2.67. The van der Waals surface area contributed by atoms with E-state index in [1.807, 2.05) is 0 Å². The van der Waals surface area contributed by atoms with E-state index in [9.17, 15) is 9.18 Å². The molecular formula is C22H21ClFN5O3. The highest BCUT2D eigenvalue weighted by Gasteiger charge is 2.47. The summed E-state index contributed by atoms with van der Waals surface area (Å²) in [5.74, 6) is 0.278. The Morgan fingerprint density at radius 3 is 3.00 bits per heavy atom. The summed E-state index contributed by atoms with van der Waals surface area (Å²) in [6.45, 7) is 1.92. The summed E-state index contributed by atoms with van der Waals surface area (Å²) in [5, 5.41) is 6.88. The Bertz CT molecular complexity index is 1200. The van der Waals surface area contributed by atoms with E-state index in [0.717, 1.165) is 19.4 Å². The molecule has 0 aliphatic carbocycles. The topological polar surface area (TPSA) is 88.6 Å². The molecule has 2 aliphatic rings. The first-order valence-electron chi connectivity index (χ1n) is 10.2. The summed E-state index contributed by atoms with van der Waals surface area (Å²) in [6, 6.07) is 8.16. The maximum absolute atomic E-state index is 14.5. The van der Waals surface area contributed by atoms with E-state index in [1.54, 1.807) is 29.2 Å². The Labute approximate surface area is 188 Å². The summed E-state index contributed by atoms with van der Waals surface area (Å²) in [4.78, 5) is 23.0. The third-order valence-electron chi connectivity index (χ3n) is 5.84. The third-order valence-corrected chi connectivity index (χ3v) is 6.13. The lowest BCUT2D eigenvalue weighted by Crippen LogP contribution is -2.48. The first-order valence-corrected chi connectivity index (χ1v) is 10.6. The number of carbonyl (C=O) groups is 1. The lowest BCUT2D eigenvalue weighted by Gasteiger charge is -2.31. The average molecular weight is 458 g/mol. The molecule has 2 N–H and O–H groups in total. The Balaban J connectivity index is 1.57. The van der Waals surface area contributed by atoms with Crippen LogP contribution in [0.25, 0.3) is 10.9 Å². The van der Waals surface area contributed by atoms with Gasteiger partial charge in [-0.25, -0.2) is 19.2 Å². The largest absolute Gasteiger partial charge is 0.494 e. The van der Waals surface area contributed by atoms with E-state index in [-0.39, 0.29) is 10.7 Å². The van der Waals surface area contributed by atoms with Gasteiger partial charge in [-0.2, -0.15) is 0 Å². The molecule has 1 atom stereocenters. The van der Waals surface area contributed by atoms with Gasteiger partial charge < -0.3 is 20.1 Å². The molecule has 3 heterocycles. The molecule has 10 heteroatoms. The molecule has 3 aromatic rings. The standard InChI is InChI=1S/C22H21ClFN5O3/c1-31-18-9-16-13(20(27-12-26-16)28-15-5-2-4-14(23)19(15)24)8-17(18)29-11-22(32-21(29)30)6-3-7-25-10-22/h2,4-5,8-9,12,25H,3,6-7,10-11H2,1H3,(H,26,27,28). The number of aromatic nitrogens is 2. The SMILES string of the molecule is COc1cc2ncnc(Nc3cccc(Cl)c3F)c2cc1N1CC2(CCCNC2)OC1=O. The highest BCUT2D eigenvalue weighted by atomic mass is 35.5. The second-order valence-electron chi connectivity index (χ2n) is 7.91. The fraction of sp³-hybridized carbons (Fsp3) is 0.318. The van der Waals surface area contributed by atoms with Crippen molar-refractivity contribution in [2.45, 2.75) is 18.4 Å². The van der Waals surface area contributed by atoms with Crippen molar-refractivity contribution in [3.63, 3.8) is 0 Å². The van der Waals surface area contributed by atoms with Gasteiger partial charge in [-0.1, -0.05) is 17.7 Å². The summed E-state index contributed by atoms with van der Waals surface area (Å²) < 4.78 is 25.8. The van der Waals surface area contributed by atoms with Gasteiger partial charge in [-0.15, -0.1) is 0 Å². The number of nitrogens with one attached hydrogen (secondary N) is 2. The van der Waals surface area contributed by atoms with Crippen LogP contribution in [0.1, 0.15) is 12.8 Å². The molecule has 166 valence electrons. The fourth-order valence-electron chi connectivity index (χ4n) is 4.25. The molecule has 1 unspecified atom stereocenters. The van der Waals surface area contributed by atoms with Crippen LogP contribution in [-0.2, 0) is 4.74 Å². The molecule has 1 amide bonds. The zero-order valence-corrected chi connectivity index (χ0v) is 18.1. The molecule has 0 bridgehead atoms. The highest BCUT2D eigenvalue weighted by Crippen LogP contribution is 2.40. The lowest BCUT2D eigenvalue weighted by atomic mass is 9.94. The minimum absolute atomic E-state index is 0.00178. The molecule has 8 nitrogen and oxygen atoms in total. The number of amides is 1. The first kappa shape index (κ1) is 20.7. The molecule has 1 spiro atoms. The van der Waals surface area contributed by atoms with Crippen molar-refractivity contribution in [1.82, 2.24) is 15.3 Å². The Morgan fingerprint density at radius 1 is 1.34 bits per heavy atom. The van der Waals surface area contributed by atoms with E-state index < -0.39 is 17.5 Å². The van der Waals surface area contributed by atoms with Gasteiger partial charge in [0.25, 0.3) is 0 Å². The van der Waals surface area contributed by atoms with Gasteiger partial charge in [0.1, 0.15) is 23.5 Å². The van der Waals surface area contributed by atoms with E-state index in [2.05, 4.69) is 20.6 Å². The zero-order valence-electron chi connectivity index (χ0n) is 17.3. The smallest absolute Gasteiger partial charge is 0.415 e. The van der Waals surface area contributed by atoms with Gasteiger partial charge in [0.15, 0.2) is 5.82 Å². The number of nitrogens with zero attached hydrogens (tertiary/aromatic N) is 3. The van der Waals surface area contributed by atoms with E-state index in [1.165, 1.54) is 19.5 Å². The van der Waals surface area contributed by atoms with Gasteiger partial charge in [0.2, 0.25) is 0 Å². The van der Waals surface area contributed by atoms with Crippen LogP contribution in [-0.4, -0.2) is 48.4 Å². The van der Waals surface area contributed by atoms with Crippen molar-refractivity contribution >= 4 is 45.8 Å². The number of hydrogen-bond acceptors (Lipinski definition) is 7. The molecule has 1 aromatic heterocycles. The number of carbonyl (C=O) groups excluding carboxylic acids is 1. The van der Waals surface area contributed by atoms with Crippen LogP contribution < -0.4 is 20.3 Å². The average Bonchev–Trinajstić information content (AvgIpc) is 3.11. The molecule has 2 aliphatic heterocycles. The van der Waals surface area contributed by atoms with E-state index >= 15 is 0 Å². The maximum atomic E-state index is 14.5. The van der Waals surface area contributed by atoms with Crippen molar-refractivity contribution in [3.05, 3.63) is 47.5 Å². The molecule has 2 aromatic carbocycles. The van der Waals surface area contributed by atoms with Crippen LogP contribution in [0.15, 0.2) is 36.7 Å². The van der Waals surface area contributed by atoms with Gasteiger partial charge in [-0.3, -0.25) is 4.90 Å². The van der Waals surface area contributed by atoms with Crippen LogP contribution in [0.2, 0.25) is 5.02 Å². The van der Waals surface area contributed by atoms with Crippen LogP contribution in [0, 0.1) is 5.82 Å². The van der Waals surface area contributed by atoms with Crippen molar-refractivity contribution in [3.8, 4) is 5.75 Å². The maximum Gasteiger partial charge on any atom is 0.415 e. The Hall–Kier alpha value is -3.17. The molecule has 2 fully saturated rings. The number of piperidine rings is 1. The second-order valence-corrected chi connectivity index (χ2v) is 8.31. The van der Waals surface area contributed by atoms with Crippen LogP contribution in [0.4, 0.5) is 26.4 Å². The third kappa shape index (κ3) is 3.57. The second kappa shape index (κ2) is 8.07.